The van der Waals surface area contributed by atoms with Gasteiger partial charge in [0.15, 0.2) is 6.61 Å². The Balaban J connectivity index is 0.000000196. The van der Waals surface area contributed by atoms with Gasteiger partial charge in [0.05, 0.1) is 27.1 Å². The lowest BCUT2D eigenvalue weighted by Gasteiger charge is -2.55. The predicted octanol–water partition coefficient (Wildman–Crippen LogP) is 12.4. The van der Waals surface area contributed by atoms with Crippen molar-refractivity contribution < 1.29 is 121 Å². The van der Waals surface area contributed by atoms with Crippen LogP contribution in [0.1, 0.15) is 204 Å². The fraction of sp³-hybridized carbons (Fsp3) is 0.864. The Morgan fingerprint density at radius 1 is 0.348 bits per heavy atom. The topological polar surface area (TPSA) is 237 Å². The van der Waals surface area contributed by atoms with Gasteiger partial charge < -0.3 is 42.6 Å². The highest BCUT2D eigenvalue weighted by molar-refractivity contribution is 6.01. The molecule has 0 aromatic carbocycles. The third-order valence-corrected chi connectivity index (χ3v) is 21.4. The van der Waals surface area contributed by atoms with Gasteiger partial charge in [-0.1, -0.05) is 20.8 Å². The molecule has 0 N–H and O–H groups in total. The Kier molecular flexibility index (Phi) is 23.0. The molecule has 0 aliphatic heterocycles. The van der Waals surface area contributed by atoms with E-state index < -0.39 is 150 Å². The van der Waals surface area contributed by atoms with Crippen LogP contribution in [0.25, 0.3) is 0 Å². The van der Waals surface area contributed by atoms with Crippen molar-refractivity contribution in [2.75, 3.05) is 46.2 Å². The Morgan fingerprint density at radius 3 is 0.935 bits per heavy atom. The standard InChI is InChI=1S/C23H32F4O6.C22H32F2O6.C21H30F2O6/c1-4-20(2,3)17(28)31-5-6-32-19(30)22(24,25)13-23(26,27)33-18(29)21-10-14-7-15(11-21)9-16(8-14)12-21;1-4-20(2,3)17(25)28-5-6-29-19(27)22(23,24)13-30-18(26)21-10-14-7-15(11-21)9-16(8-14)12-21;1-4-19(2,3)16(24)27-5-6-28-17(25)21(22,23)18(26)29-20-10-13-7-14(11-20)9-15(8-13)12-20/h14-16H,4-13H2,1-3H3;14-16H,4-13H2,1-3H3;13-15H,4-12H2,1-3H3. The normalized spacial score (nSPS) is 29.9. The lowest BCUT2D eigenvalue weighted by molar-refractivity contribution is -0.271. The molecule has 0 aromatic heterocycles. The van der Waals surface area contributed by atoms with E-state index in [2.05, 4.69) is 18.9 Å². The zero-order chi connectivity index (χ0) is 68.3. The average molecular weight is 1330 g/mol. The minimum atomic E-state index is -4.59. The summed E-state index contributed by atoms with van der Waals surface area (Å²) in [7, 11) is 0. The van der Waals surface area contributed by atoms with Crippen molar-refractivity contribution in [3.8, 4) is 0 Å². The first-order chi connectivity index (χ1) is 42.6. The van der Waals surface area contributed by atoms with E-state index in [1.165, 1.54) is 0 Å². The molecular weight excluding hydrogens is 1230 g/mol. The molecular formula is C66H94F8O18. The molecule has 0 atom stereocenters. The van der Waals surface area contributed by atoms with Crippen LogP contribution >= 0.6 is 0 Å². The monoisotopic (exact) mass is 1330 g/mol. The number of alkyl halides is 8. The Labute approximate surface area is 532 Å². The van der Waals surface area contributed by atoms with Crippen molar-refractivity contribution in [3.05, 3.63) is 0 Å². The van der Waals surface area contributed by atoms with E-state index in [1.54, 1.807) is 48.5 Å². The first kappa shape index (κ1) is 74.1. The summed E-state index contributed by atoms with van der Waals surface area (Å²) < 4.78 is 156. The Morgan fingerprint density at radius 2 is 0.620 bits per heavy atom. The second kappa shape index (κ2) is 28.5. The van der Waals surface area contributed by atoms with Gasteiger partial charge in [-0.3, -0.25) is 24.0 Å². The van der Waals surface area contributed by atoms with Gasteiger partial charge in [-0.2, -0.15) is 35.1 Å². The fourth-order valence-electron chi connectivity index (χ4n) is 16.3. The van der Waals surface area contributed by atoms with E-state index in [-0.39, 0.29) is 31.0 Å². The molecule has 12 aliphatic rings. The molecule has 0 amide bonds. The molecule has 0 saturated heterocycles. The molecule has 0 aromatic rings. The Hall–Kier alpha value is -5.33. The van der Waals surface area contributed by atoms with Crippen LogP contribution in [0.15, 0.2) is 0 Å². The highest BCUT2D eigenvalue weighted by Crippen LogP contribution is 2.62. The Bertz CT molecular complexity index is 2600. The molecule has 26 heteroatoms. The van der Waals surface area contributed by atoms with Gasteiger partial charge in [-0.25, -0.2) is 19.2 Å². The molecule has 12 bridgehead atoms. The van der Waals surface area contributed by atoms with E-state index in [1.807, 2.05) is 13.8 Å². The van der Waals surface area contributed by atoms with E-state index in [0.717, 1.165) is 57.8 Å². The van der Waals surface area contributed by atoms with Gasteiger partial charge in [-0.15, -0.1) is 0 Å². The molecule has 0 spiro atoms. The molecule has 12 saturated carbocycles. The molecule has 522 valence electrons. The van der Waals surface area contributed by atoms with Gasteiger partial charge in [0.25, 0.3) is 0 Å². The van der Waals surface area contributed by atoms with E-state index in [4.69, 9.17) is 23.7 Å². The van der Waals surface area contributed by atoms with Crippen LogP contribution in [0, 0.1) is 80.3 Å². The minimum Gasteiger partial charge on any atom is -0.462 e. The minimum absolute atomic E-state index is 0.283. The fourth-order valence-corrected chi connectivity index (χ4v) is 16.3. The summed E-state index contributed by atoms with van der Waals surface area (Å²) in [6, 6.07) is 0. The van der Waals surface area contributed by atoms with Crippen molar-refractivity contribution in [1.29, 1.82) is 0 Å². The van der Waals surface area contributed by atoms with Crippen molar-refractivity contribution >= 4 is 53.7 Å². The van der Waals surface area contributed by atoms with Crippen molar-refractivity contribution in [2.24, 2.45) is 80.3 Å². The SMILES string of the molecule is CCC(C)(C)C(=O)OCCOC(=O)C(F)(F)C(=O)OC12CC3CC(CC(C3)C1)C2.CCC(C)(C)C(=O)OCCOC(=O)C(F)(F)CC(F)(F)OC(=O)C12CC3CC(CC(C3)C1)C2.CCC(C)(C)C(=O)OCCOC(=O)C(F)(F)COC(=O)C12CC3CC(CC(C3)C1)C2. The predicted molar refractivity (Wildman–Crippen MR) is 308 cm³/mol. The van der Waals surface area contributed by atoms with Crippen LogP contribution in [-0.4, -0.2) is 129 Å². The maximum Gasteiger partial charge on any atom is 0.437 e. The molecule has 18 nitrogen and oxygen atoms in total. The summed E-state index contributed by atoms with van der Waals surface area (Å²) >= 11 is 0. The number of carbonyl (C=O) groups excluding carboxylic acids is 9. The highest BCUT2D eigenvalue weighted by atomic mass is 19.3. The highest BCUT2D eigenvalue weighted by Gasteiger charge is 2.62. The van der Waals surface area contributed by atoms with Gasteiger partial charge in [0, 0.05) is 0 Å². The molecule has 92 heavy (non-hydrogen) atoms. The summed E-state index contributed by atoms with van der Waals surface area (Å²) in [5.74, 6) is -20.5. The van der Waals surface area contributed by atoms with Gasteiger partial charge in [0.2, 0.25) is 0 Å². The largest absolute Gasteiger partial charge is 0.462 e. The maximum atomic E-state index is 14.3. The maximum absolute atomic E-state index is 14.3. The number of esters is 9. The van der Waals surface area contributed by atoms with Crippen LogP contribution in [0.3, 0.4) is 0 Å². The van der Waals surface area contributed by atoms with Crippen molar-refractivity contribution in [2.45, 2.75) is 233 Å². The lowest BCUT2D eigenvalue weighted by atomic mass is 9.49. The smallest absolute Gasteiger partial charge is 0.437 e. The van der Waals surface area contributed by atoms with Gasteiger partial charge >= 0.3 is 77.6 Å². The van der Waals surface area contributed by atoms with Gasteiger partial charge in [-0.05, 0) is 230 Å². The summed E-state index contributed by atoms with van der Waals surface area (Å²) in [5, 5.41) is 0. The summed E-state index contributed by atoms with van der Waals surface area (Å²) in [6.45, 7) is 11.2. The van der Waals surface area contributed by atoms with Crippen LogP contribution in [0.2, 0.25) is 0 Å². The van der Waals surface area contributed by atoms with Crippen molar-refractivity contribution in [3.63, 3.8) is 0 Å². The summed E-state index contributed by atoms with van der Waals surface area (Å²) in [4.78, 5) is 108. The van der Waals surface area contributed by atoms with Crippen molar-refractivity contribution in [1.82, 2.24) is 0 Å². The van der Waals surface area contributed by atoms with E-state index in [9.17, 15) is 78.3 Å². The van der Waals surface area contributed by atoms with Crippen LogP contribution in [-0.2, 0) is 85.8 Å². The number of halogens is 8. The number of rotatable bonds is 27. The van der Waals surface area contributed by atoms with Gasteiger partial charge in [0.1, 0.15) is 51.7 Å². The first-order valence-corrected chi connectivity index (χ1v) is 32.8. The average Bonchev–Trinajstić information content (AvgIpc) is 0.759. The van der Waals surface area contributed by atoms with Crippen LogP contribution < -0.4 is 0 Å². The quantitative estimate of drug-likeness (QED) is 0.0244. The first-order valence-electron chi connectivity index (χ1n) is 32.8. The molecule has 0 heterocycles. The third-order valence-electron chi connectivity index (χ3n) is 21.4. The molecule has 12 rings (SSSR count). The second-order valence-corrected chi connectivity index (χ2v) is 30.2. The number of hydrogen-bond acceptors (Lipinski definition) is 18. The van der Waals surface area contributed by atoms with E-state index in [0.29, 0.717) is 113 Å². The van der Waals surface area contributed by atoms with Crippen LogP contribution in [0.5, 0.6) is 0 Å². The third kappa shape index (κ3) is 18.0. The van der Waals surface area contributed by atoms with Crippen LogP contribution in [0.4, 0.5) is 35.1 Å². The molecule has 12 aliphatic carbocycles. The molecule has 12 fully saturated rings. The second-order valence-electron chi connectivity index (χ2n) is 30.2. The summed E-state index contributed by atoms with van der Waals surface area (Å²) in [5.41, 5.74) is -4.76. The van der Waals surface area contributed by atoms with E-state index >= 15 is 0 Å². The number of ether oxygens (including phenoxy) is 9. The lowest BCUT2D eigenvalue weighted by Crippen LogP contribution is -2.55. The zero-order valence-corrected chi connectivity index (χ0v) is 54.6. The zero-order valence-electron chi connectivity index (χ0n) is 54.6. The number of hydrogen-bond donors (Lipinski definition) is 0. The molecule has 0 radical (unpaired) electrons. The molecule has 0 unspecified atom stereocenters. The number of carbonyl (C=O) groups is 9. The summed E-state index contributed by atoms with van der Waals surface area (Å²) in [6.07, 6.45) is 9.45.